The summed E-state index contributed by atoms with van der Waals surface area (Å²) >= 11 is 1.39. The van der Waals surface area contributed by atoms with Crippen LogP contribution in [0.4, 0.5) is 13.2 Å². The first-order valence-electron chi connectivity index (χ1n) is 11.1. The molecule has 8 heteroatoms. The normalized spacial score (nSPS) is 15.5. The van der Waals surface area contributed by atoms with Crippen molar-refractivity contribution in [3.05, 3.63) is 75.3 Å². The van der Waals surface area contributed by atoms with Crippen molar-refractivity contribution in [2.45, 2.75) is 57.5 Å². The number of benzene rings is 2. The number of aryl methyl sites for hydroxylation is 2. The van der Waals surface area contributed by atoms with E-state index in [-0.39, 0.29) is 18.1 Å². The summed E-state index contributed by atoms with van der Waals surface area (Å²) in [6.45, 7) is 3.98. The Balaban J connectivity index is 1.52. The molecule has 0 amide bonds. The number of fused-ring (bicyclic) bond motifs is 1. The van der Waals surface area contributed by atoms with Gasteiger partial charge in [0.2, 0.25) is 0 Å². The minimum atomic E-state index is -4.39. The summed E-state index contributed by atoms with van der Waals surface area (Å²) in [5.74, 6) is -1.41. The number of ketones is 1. The summed E-state index contributed by atoms with van der Waals surface area (Å²) in [5, 5.41) is 10.1. The second kappa shape index (κ2) is 9.33. The van der Waals surface area contributed by atoms with Crippen LogP contribution in [0, 0.1) is 0 Å². The summed E-state index contributed by atoms with van der Waals surface area (Å²) in [6.07, 6.45) is -2.44. The fraction of sp³-hybridized carbons (Fsp3) is 0.346. The fourth-order valence-corrected chi connectivity index (χ4v) is 5.54. The van der Waals surface area contributed by atoms with Crippen molar-refractivity contribution >= 4 is 23.1 Å². The van der Waals surface area contributed by atoms with Crippen molar-refractivity contribution in [3.8, 4) is 10.6 Å². The predicted molar refractivity (Wildman–Crippen MR) is 124 cm³/mol. The first kappa shape index (κ1) is 24.1. The molecule has 2 aromatic carbocycles. The van der Waals surface area contributed by atoms with Crippen LogP contribution < -0.4 is 0 Å². The maximum atomic E-state index is 12.9. The third-order valence-corrected chi connectivity index (χ3v) is 7.34. The lowest BCUT2D eigenvalue weighted by Gasteiger charge is -2.09. The molecule has 0 aliphatic heterocycles. The molecule has 4 nitrogen and oxygen atoms in total. The number of nitrogens with zero attached hydrogens (tertiary/aromatic N) is 1. The van der Waals surface area contributed by atoms with Gasteiger partial charge in [-0.05, 0) is 54.5 Å². The van der Waals surface area contributed by atoms with Gasteiger partial charge in [0.15, 0.2) is 5.78 Å². The summed E-state index contributed by atoms with van der Waals surface area (Å²) in [6, 6.07) is 10.3. The van der Waals surface area contributed by atoms with Crippen molar-refractivity contribution in [2.24, 2.45) is 0 Å². The second-order valence-corrected chi connectivity index (χ2v) is 9.91. The number of alkyl halides is 3. The number of aliphatic carboxylic acids is 1. The standard InChI is InChI=1S/C26H24F3NO3S/c1-14(2)23-22(34-24(30-23)16-5-8-18(9-6-16)26(27,28)29)12-11-21(31)17-4-3-15-7-10-19(25(32)33)20(15)13-17/h3-6,8-9,13-14,19H,7,10-12H2,1-2H3,(H,32,33). The van der Waals surface area contributed by atoms with Gasteiger partial charge in [-0.2, -0.15) is 13.2 Å². The van der Waals surface area contributed by atoms with E-state index in [0.29, 0.717) is 35.4 Å². The predicted octanol–water partition coefficient (Wildman–Crippen LogP) is 6.88. The molecule has 34 heavy (non-hydrogen) atoms. The number of Topliss-reactive ketones (excluding diaryl/α,β-unsaturated/α-hetero) is 1. The van der Waals surface area contributed by atoms with E-state index >= 15 is 0 Å². The van der Waals surface area contributed by atoms with E-state index in [1.54, 1.807) is 12.1 Å². The highest BCUT2D eigenvalue weighted by Crippen LogP contribution is 2.36. The fourth-order valence-electron chi connectivity index (χ4n) is 4.32. The smallest absolute Gasteiger partial charge is 0.416 e. The molecule has 1 N–H and O–H groups in total. The molecule has 1 heterocycles. The summed E-state index contributed by atoms with van der Waals surface area (Å²) < 4.78 is 38.6. The summed E-state index contributed by atoms with van der Waals surface area (Å²) in [5.41, 5.74) is 2.95. The lowest BCUT2D eigenvalue weighted by atomic mass is 9.96. The number of thiazole rings is 1. The molecule has 1 unspecified atom stereocenters. The molecule has 1 aliphatic carbocycles. The van der Waals surface area contributed by atoms with Gasteiger partial charge < -0.3 is 5.11 Å². The number of hydrogen-bond donors (Lipinski definition) is 1. The first-order valence-corrected chi connectivity index (χ1v) is 11.9. The molecule has 0 bridgehead atoms. The first-order chi connectivity index (χ1) is 16.0. The van der Waals surface area contributed by atoms with Crippen LogP contribution in [-0.4, -0.2) is 21.8 Å². The van der Waals surface area contributed by atoms with E-state index < -0.39 is 23.6 Å². The Kier molecular flexibility index (Phi) is 6.62. The Morgan fingerprint density at radius 3 is 2.47 bits per heavy atom. The molecule has 4 rings (SSSR count). The molecule has 1 aromatic heterocycles. The Hall–Kier alpha value is -3.00. The third kappa shape index (κ3) is 4.92. The monoisotopic (exact) mass is 487 g/mol. The molecule has 1 atom stereocenters. The van der Waals surface area contributed by atoms with Gasteiger partial charge in [0, 0.05) is 22.4 Å². The Morgan fingerprint density at radius 2 is 1.85 bits per heavy atom. The number of carboxylic acid groups (broad SMARTS) is 1. The zero-order valence-electron chi connectivity index (χ0n) is 18.8. The molecular formula is C26H24F3NO3S. The number of hydrogen-bond acceptors (Lipinski definition) is 4. The van der Waals surface area contributed by atoms with Crippen molar-refractivity contribution in [1.82, 2.24) is 4.98 Å². The Labute approximate surface area is 199 Å². The molecule has 0 fully saturated rings. The van der Waals surface area contributed by atoms with Gasteiger partial charge in [0.1, 0.15) is 5.01 Å². The van der Waals surface area contributed by atoms with Gasteiger partial charge in [-0.3, -0.25) is 9.59 Å². The minimum absolute atomic E-state index is 0.0713. The van der Waals surface area contributed by atoms with Crippen molar-refractivity contribution in [1.29, 1.82) is 0 Å². The van der Waals surface area contributed by atoms with Crippen LogP contribution in [0.15, 0.2) is 42.5 Å². The van der Waals surface area contributed by atoms with Crippen LogP contribution in [0.5, 0.6) is 0 Å². The molecule has 0 spiro atoms. The van der Waals surface area contributed by atoms with Gasteiger partial charge in [-0.15, -0.1) is 11.3 Å². The lowest BCUT2D eigenvalue weighted by Crippen LogP contribution is -2.09. The van der Waals surface area contributed by atoms with Gasteiger partial charge in [-0.25, -0.2) is 4.98 Å². The van der Waals surface area contributed by atoms with E-state index in [1.165, 1.54) is 23.5 Å². The minimum Gasteiger partial charge on any atom is -0.481 e. The quantitative estimate of drug-likeness (QED) is 0.369. The molecular weight excluding hydrogens is 463 g/mol. The number of carbonyl (C=O) groups is 2. The van der Waals surface area contributed by atoms with Gasteiger partial charge in [0.05, 0.1) is 17.2 Å². The molecule has 0 saturated heterocycles. The van der Waals surface area contributed by atoms with Crippen molar-refractivity contribution in [3.63, 3.8) is 0 Å². The highest BCUT2D eigenvalue weighted by molar-refractivity contribution is 7.15. The topological polar surface area (TPSA) is 67.3 Å². The van der Waals surface area contributed by atoms with Crippen LogP contribution in [0.25, 0.3) is 10.6 Å². The zero-order valence-corrected chi connectivity index (χ0v) is 19.6. The summed E-state index contributed by atoms with van der Waals surface area (Å²) in [4.78, 5) is 30.0. The van der Waals surface area contributed by atoms with Crippen LogP contribution in [0.1, 0.15) is 76.1 Å². The van der Waals surface area contributed by atoms with Crippen molar-refractivity contribution < 1.29 is 27.9 Å². The highest BCUT2D eigenvalue weighted by atomic mass is 32.1. The molecule has 0 saturated carbocycles. The maximum absolute atomic E-state index is 12.9. The van der Waals surface area contributed by atoms with E-state index in [9.17, 15) is 27.9 Å². The molecule has 3 aromatic rings. The van der Waals surface area contributed by atoms with Crippen LogP contribution in [0.2, 0.25) is 0 Å². The third-order valence-electron chi connectivity index (χ3n) is 6.16. The maximum Gasteiger partial charge on any atom is 0.416 e. The Bertz CT molecular complexity index is 1230. The van der Waals surface area contributed by atoms with Gasteiger partial charge >= 0.3 is 12.1 Å². The van der Waals surface area contributed by atoms with Crippen LogP contribution in [0.3, 0.4) is 0 Å². The number of carboxylic acids is 1. The van der Waals surface area contributed by atoms with Gasteiger partial charge in [-0.1, -0.05) is 38.1 Å². The summed E-state index contributed by atoms with van der Waals surface area (Å²) in [7, 11) is 0. The molecule has 178 valence electrons. The lowest BCUT2D eigenvalue weighted by molar-refractivity contribution is -0.139. The second-order valence-electron chi connectivity index (χ2n) is 8.82. The average Bonchev–Trinajstić information content (AvgIpc) is 3.41. The van der Waals surface area contributed by atoms with E-state index in [0.717, 1.165) is 33.8 Å². The molecule has 0 radical (unpaired) electrons. The highest BCUT2D eigenvalue weighted by Gasteiger charge is 2.31. The largest absolute Gasteiger partial charge is 0.481 e. The van der Waals surface area contributed by atoms with E-state index in [2.05, 4.69) is 4.98 Å². The average molecular weight is 488 g/mol. The van der Waals surface area contributed by atoms with Gasteiger partial charge in [0.25, 0.3) is 0 Å². The number of aromatic nitrogens is 1. The van der Waals surface area contributed by atoms with Crippen molar-refractivity contribution in [2.75, 3.05) is 0 Å². The molecule has 1 aliphatic rings. The van der Waals surface area contributed by atoms with Crippen LogP contribution >= 0.6 is 11.3 Å². The number of carbonyl (C=O) groups excluding carboxylic acids is 1. The number of rotatable bonds is 7. The zero-order chi connectivity index (χ0) is 24.6. The Morgan fingerprint density at radius 1 is 1.15 bits per heavy atom. The van der Waals surface area contributed by atoms with E-state index in [4.69, 9.17) is 0 Å². The van der Waals surface area contributed by atoms with Crippen LogP contribution in [-0.2, 0) is 23.8 Å². The SMILES string of the molecule is CC(C)c1nc(-c2ccc(C(F)(F)F)cc2)sc1CCC(=O)c1ccc2c(c1)C(C(=O)O)CC2. The number of halogens is 3. The van der Waals surface area contributed by atoms with E-state index in [1.807, 2.05) is 19.9 Å².